The highest BCUT2D eigenvalue weighted by molar-refractivity contribution is 7.47. The molecule has 0 aromatic rings. The van der Waals surface area contributed by atoms with Gasteiger partial charge in [-0.15, -0.1) is 0 Å². The zero-order chi connectivity index (χ0) is 65.9. The monoisotopic (exact) mass is 1310 g/mol. The number of aliphatic hydroxyl groups is 1. The maximum Gasteiger partial charge on any atom is 0.472 e. The molecule has 89 heavy (non-hydrogen) atoms. The molecule has 0 fully saturated rings. The average Bonchev–Trinajstić information content (AvgIpc) is 3.65. The molecule has 3 N–H and O–H groups in total. The molecule has 528 valence electrons. The van der Waals surface area contributed by atoms with Gasteiger partial charge in [0.1, 0.15) is 19.3 Å². The van der Waals surface area contributed by atoms with Gasteiger partial charge in [0.15, 0.2) is 12.2 Å². The van der Waals surface area contributed by atoms with Gasteiger partial charge in [-0.05, 0) is 43.4 Å². The highest BCUT2D eigenvalue weighted by Crippen LogP contribution is 2.45. The molecule has 0 aromatic carbocycles. The van der Waals surface area contributed by atoms with Gasteiger partial charge in [0.2, 0.25) is 0 Å². The zero-order valence-electron chi connectivity index (χ0n) is 57.9. The van der Waals surface area contributed by atoms with Crippen LogP contribution in [0.2, 0.25) is 0 Å². The summed E-state index contributed by atoms with van der Waals surface area (Å²) in [6, 6.07) is 0. The number of aliphatic hydroxyl groups excluding tert-OH is 1. The van der Waals surface area contributed by atoms with E-state index in [2.05, 4.69) is 48.5 Å². The minimum Gasteiger partial charge on any atom is -0.462 e. The number of hydrogen-bond donors (Lipinski definition) is 3. The molecule has 0 radical (unpaired) electrons. The summed E-state index contributed by atoms with van der Waals surface area (Å²) in [5, 5.41) is 10.6. The topological polar surface area (TPSA) is 237 Å². The number of carbonyl (C=O) groups excluding carboxylic acids is 4. The molecule has 0 spiro atoms. The zero-order valence-corrected chi connectivity index (χ0v) is 59.7. The lowest BCUT2D eigenvalue weighted by atomic mass is 10.0. The summed E-state index contributed by atoms with van der Waals surface area (Å²) in [6.45, 7) is 11.7. The lowest BCUT2D eigenvalue weighted by Gasteiger charge is -2.21. The van der Waals surface area contributed by atoms with Gasteiger partial charge < -0.3 is 33.8 Å². The Bertz CT molecular complexity index is 1750. The molecule has 0 heterocycles. The van der Waals surface area contributed by atoms with E-state index in [1.165, 1.54) is 154 Å². The highest BCUT2D eigenvalue weighted by atomic mass is 31.2. The van der Waals surface area contributed by atoms with Crippen molar-refractivity contribution in [2.45, 2.75) is 369 Å². The van der Waals surface area contributed by atoms with Gasteiger partial charge in [0, 0.05) is 25.7 Å². The third-order valence-electron chi connectivity index (χ3n) is 16.1. The maximum absolute atomic E-state index is 13.0. The fraction of sp³-hybridized carbons (Fsp3) is 0.943. The van der Waals surface area contributed by atoms with Crippen molar-refractivity contribution in [3.05, 3.63) is 0 Å². The molecule has 0 aromatic heterocycles. The van der Waals surface area contributed by atoms with Gasteiger partial charge in [0.25, 0.3) is 0 Å². The van der Waals surface area contributed by atoms with Gasteiger partial charge in [-0.1, -0.05) is 299 Å². The molecule has 0 bridgehead atoms. The predicted molar refractivity (Wildman–Crippen MR) is 358 cm³/mol. The first kappa shape index (κ1) is 87.1. The van der Waals surface area contributed by atoms with Crippen molar-refractivity contribution < 1.29 is 80.2 Å². The molecule has 0 rings (SSSR count). The minimum absolute atomic E-state index is 0.103. The average molecular weight is 1310 g/mol. The first-order valence-electron chi connectivity index (χ1n) is 36.3. The van der Waals surface area contributed by atoms with Crippen molar-refractivity contribution in [2.75, 3.05) is 39.6 Å². The molecule has 0 aliphatic carbocycles. The van der Waals surface area contributed by atoms with E-state index in [1.54, 1.807) is 0 Å². The quantitative estimate of drug-likeness (QED) is 0.0222. The molecular formula is C70H136O17P2. The van der Waals surface area contributed by atoms with Gasteiger partial charge in [-0.2, -0.15) is 0 Å². The van der Waals surface area contributed by atoms with E-state index in [0.717, 1.165) is 102 Å². The van der Waals surface area contributed by atoms with Gasteiger partial charge in [-0.25, -0.2) is 9.13 Å². The normalized spacial score (nSPS) is 14.2. The SMILES string of the molecule is CCCCCCCCCCCCC(=O)OC[C@H](COP(=O)(O)OC[C@H](O)COP(=O)(O)OC[C@@H](COC(=O)CCCCCCCCCC(C)C)OC(=O)CCCCCCCCCCCCCCCCCCC(C)C)OC(=O)CCCCCCCCCC(C)C. The minimum atomic E-state index is -4.95. The van der Waals surface area contributed by atoms with Crippen LogP contribution in [0.3, 0.4) is 0 Å². The Balaban J connectivity index is 5.18. The van der Waals surface area contributed by atoms with Crippen molar-refractivity contribution >= 4 is 39.5 Å². The van der Waals surface area contributed by atoms with Crippen LogP contribution >= 0.6 is 15.6 Å². The first-order chi connectivity index (χ1) is 42.7. The molecular weight excluding hydrogens is 1170 g/mol. The van der Waals surface area contributed by atoms with Crippen LogP contribution in [0.25, 0.3) is 0 Å². The number of unbranched alkanes of at least 4 members (excludes halogenated alkanes) is 36. The third-order valence-corrected chi connectivity index (χ3v) is 18.0. The molecule has 0 amide bonds. The second-order valence-corrected chi connectivity index (χ2v) is 29.6. The molecule has 17 nitrogen and oxygen atoms in total. The maximum atomic E-state index is 13.0. The molecule has 0 saturated heterocycles. The Labute approximate surface area is 543 Å². The van der Waals surface area contributed by atoms with E-state index in [0.29, 0.717) is 37.5 Å². The van der Waals surface area contributed by atoms with E-state index in [1.807, 2.05) is 0 Å². The van der Waals surface area contributed by atoms with Gasteiger partial charge in [-0.3, -0.25) is 37.3 Å². The summed E-state index contributed by atoms with van der Waals surface area (Å²) < 4.78 is 68.2. The van der Waals surface area contributed by atoms with Crippen LogP contribution in [-0.4, -0.2) is 96.7 Å². The Hall–Kier alpha value is -1.94. The Morgan fingerprint density at radius 3 is 0.764 bits per heavy atom. The van der Waals surface area contributed by atoms with Crippen molar-refractivity contribution in [2.24, 2.45) is 17.8 Å². The fourth-order valence-electron chi connectivity index (χ4n) is 10.5. The van der Waals surface area contributed by atoms with E-state index >= 15 is 0 Å². The molecule has 2 unspecified atom stereocenters. The van der Waals surface area contributed by atoms with E-state index in [-0.39, 0.29) is 25.7 Å². The van der Waals surface area contributed by atoms with Gasteiger partial charge in [0.05, 0.1) is 26.4 Å². The third kappa shape index (κ3) is 64.6. The summed E-state index contributed by atoms with van der Waals surface area (Å²) >= 11 is 0. The largest absolute Gasteiger partial charge is 0.472 e. The molecule has 0 saturated carbocycles. The number of esters is 4. The second-order valence-electron chi connectivity index (χ2n) is 26.7. The van der Waals surface area contributed by atoms with E-state index in [4.69, 9.17) is 37.0 Å². The number of rotatable bonds is 68. The Morgan fingerprint density at radius 2 is 0.517 bits per heavy atom. The van der Waals surface area contributed by atoms with Crippen LogP contribution in [-0.2, 0) is 65.4 Å². The summed E-state index contributed by atoms with van der Waals surface area (Å²) in [5.74, 6) is 0.0800. The lowest BCUT2D eigenvalue weighted by Crippen LogP contribution is -2.30. The van der Waals surface area contributed by atoms with Crippen molar-refractivity contribution in [1.82, 2.24) is 0 Å². The fourth-order valence-corrected chi connectivity index (χ4v) is 12.1. The van der Waals surface area contributed by atoms with Crippen LogP contribution in [0.1, 0.15) is 350 Å². The number of hydrogen-bond acceptors (Lipinski definition) is 15. The second kappa shape index (κ2) is 61.0. The summed E-state index contributed by atoms with van der Waals surface area (Å²) in [5.41, 5.74) is 0. The van der Waals surface area contributed by atoms with Gasteiger partial charge >= 0.3 is 39.5 Å². The van der Waals surface area contributed by atoms with E-state index < -0.39 is 97.5 Å². The van der Waals surface area contributed by atoms with Crippen molar-refractivity contribution in [3.8, 4) is 0 Å². The highest BCUT2D eigenvalue weighted by Gasteiger charge is 2.30. The summed E-state index contributed by atoms with van der Waals surface area (Å²) in [6.07, 6.45) is 44.7. The van der Waals surface area contributed by atoms with Crippen LogP contribution in [0.5, 0.6) is 0 Å². The van der Waals surface area contributed by atoms with Crippen molar-refractivity contribution in [1.29, 1.82) is 0 Å². The first-order valence-corrected chi connectivity index (χ1v) is 39.3. The number of ether oxygens (including phenoxy) is 4. The molecule has 19 heteroatoms. The van der Waals surface area contributed by atoms with Crippen LogP contribution in [0.4, 0.5) is 0 Å². The number of phosphoric ester groups is 2. The predicted octanol–water partition coefficient (Wildman–Crippen LogP) is 19.8. The van der Waals surface area contributed by atoms with Crippen LogP contribution in [0, 0.1) is 17.8 Å². The standard InChI is InChI=1S/C70H136O17P2/c1-8-9-10-11-12-13-23-30-37-44-51-67(72)80-57-66(87-70(75)54-47-40-33-26-29-36-43-50-63(6)7)60-85-89(78,79)83-56-64(71)55-82-88(76,77)84-59-65(58-81-68(73)52-45-38-32-25-28-35-42-49-62(4)5)86-69(74)53-46-39-31-24-21-19-17-15-14-16-18-20-22-27-34-41-48-61(2)3/h61-66,71H,8-60H2,1-7H3,(H,76,77)(H,78,79)/t64-,65-,66-/m1/s1. The lowest BCUT2D eigenvalue weighted by molar-refractivity contribution is -0.161. The van der Waals surface area contributed by atoms with Crippen LogP contribution < -0.4 is 0 Å². The Morgan fingerprint density at radius 1 is 0.303 bits per heavy atom. The molecule has 0 aliphatic heterocycles. The summed E-state index contributed by atoms with van der Waals surface area (Å²) in [4.78, 5) is 72.4. The smallest absolute Gasteiger partial charge is 0.462 e. The number of carbonyl (C=O) groups is 4. The van der Waals surface area contributed by atoms with E-state index in [9.17, 15) is 43.2 Å². The molecule has 5 atom stereocenters. The van der Waals surface area contributed by atoms with Crippen LogP contribution in [0.15, 0.2) is 0 Å². The Kier molecular flexibility index (Phi) is 59.6. The number of phosphoric acid groups is 2. The van der Waals surface area contributed by atoms with Crippen molar-refractivity contribution in [3.63, 3.8) is 0 Å². The molecule has 0 aliphatic rings. The summed E-state index contributed by atoms with van der Waals surface area (Å²) in [7, 11) is -9.90.